The Morgan fingerprint density at radius 1 is 1.35 bits per heavy atom. The third-order valence-corrected chi connectivity index (χ3v) is 4.26. The molecule has 3 atom stereocenters. The van der Waals surface area contributed by atoms with E-state index in [1.807, 2.05) is 29.2 Å². The van der Waals surface area contributed by atoms with Crippen molar-refractivity contribution in [3.05, 3.63) is 29.8 Å². The lowest BCUT2D eigenvalue weighted by molar-refractivity contribution is -0.135. The Bertz CT molecular complexity index is 493. The summed E-state index contributed by atoms with van der Waals surface area (Å²) in [5.41, 5.74) is 7.08. The lowest BCUT2D eigenvalue weighted by Crippen LogP contribution is -2.50. The summed E-state index contributed by atoms with van der Waals surface area (Å²) >= 11 is 0. The fraction of sp³-hybridized carbons (Fsp3) is 0.562. The highest BCUT2D eigenvalue weighted by molar-refractivity contribution is 5.85. The molecule has 1 aromatic carbocycles. The molecule has 2 aliphatic heterocycles. The van der Waals surface area contributed by atoms with Crippen LogP contribution in [0.2, 0.25) is 0 Å². The summed E-state index contributed by atoms with van der Waals surface area (Å²) in [6.45, 7) is 4.29. The van der Waals surface area contributed by atoms with E-state index in [4.69, 9.17) is 10.5 Å². The van der Waals surface area contributed by atoms with Crippen molar-refractivity contribution in [3.8, 4) is 5.75 Å². The molecule has 0 aliphatic carbocycles. The van der Waals surface area contributed by atoms with Gasteiger partial charge in [0, 0.05) is 24.7 Å². The van der Waals surface area contributed by atoms with E-state index in [-0.39, 0.29) is 17.9 Å². The molecule has 20 heavy (non-hydrogen) atoms. The highest BCUT2D eigenvalue weighted by Crippen LogP contribution is 2.35. The molecule has 2 heterocycles. The smallest absolute Gasteiger partial charge is 0.230 e. The van der Waals surface area contributed by atoms with E-state index < -0.39 is 0 Å². The number of nitrogens with zero attached hydrogens (tertiary/aromatic N) is 1. The number of amides is 1. The fourth-order valence-corrected chi connectivity index (χ4v) is 3.40. The van der Waals surface area contributed by atoms with Crippen molar-refractivity contribution in [2.75, 3.05) is 19.7 Å². The molecule has 0 saturated carbocycles. The second kappa shape index (κ2) is 5.44. The molecule has 0 radical (unpaired) electrons. The van der Waals surface area contributed by atoms with Gasteiger partial charge in [0.15, 0.2) is 0 Å². The first-order valence-electron chi connectivity index (χ1n) is 7.41. The molecule has 1 amide bonds. The zero-order valence-corrected chi connectivity index (χ0v) is 11.9. The van der Waals surface area contributed by atoms with Crippen molar-refractivity contribution in [1.82, 2.24) is 4.90 Å². The van der Waals surface area contributed by atoms with Crippen molar-refractivity contribution in [1.29, 1.82) is 0 Å². The first-order valence-corrected chi connectivity index (χ1v) is 7.41. The number of rotatable bonds is 1. The normalized spacial score (nSPS) is 29.5. The van der Waals surface area contributed by atoms with Gasteiger partial charge in [-0.2, -0.15) is 0 Å². The molecule has 3 rings (SSSR count). The highest BCUT2D eigenvalue weighted by Gasteiger charge is 2.34. The van der Waals surface area contributed by atoms with E-state index in [9.17, 15) is 4.79 Å². The first-order chi connectivity index (χ1) is 9.65. The summed E-state index contributed by atoms with van der Waals surface area (Å²) in [5, 5.41) is 0. The third kappa shape index (κ3) is 2.52. The quantitative estimate of drug-likeness (QED) is 0.849. The molecule has 2 aliphatic rings. The van der Waals surface area contributed by atoms with Gasteiger partial charge in [0.05, 0.1) is 12.5 Å². The Kier molecular flexibility index (Phi) is 3.66. The second-order valence-corrected chi connectivity index (χ2v) is 6.07. The SMILES string of the molecule is CC1CC(N)CN(C(=O)C2CCOc3ccccc32)C1. The Labute approximate surface area is 119 Å². The van der Waals surface area contributed by atoms with Crippen LogP contribution in [0.1, 0.15) is 31.2 Å². The average Bonchev–Trinajstić information content (AvgIpc) is 2.45. The van der Waals surface area contributed by atoms with Crippen molar-refractivity contribution < 1.29 is 9.53 Å². The van der Waals surface area contributed by atoms with Gasteiger partial charge in [0.2, 0.25) is 5.91 Å². The Balaban J connectivity index is 1.81. The van der Waals surface area contributed by atoms with Gasteiger partial charge >= 0.3 is 0 Å². The van der Waals surface area contributed by atoms with Crippen LogP contribution in [-0.2, 0) is 4.79 Å². The van der Waals surface area contributed by atoms with Crippen LogP contribution in [0.15, 0.2) is 24.3 Å². The molecule has 108 valence electrons. The zero-order chi connectivity index (χ0) is 14.1. The number of fused-ring (bicyclic) bond motifs is 1. The topological polar surface area (TPSA) is 55.6 Å². The maximum Gasteiger partial charge on any atom is 0.230 e. The third-order valence-electron chi connectivity index (χ3n) is 4.26. The van der Waals surface area contributed by atoms with Gasteiger partial charge in [-0.3, -0.25) is 4.79 Å². The van der Waals surface area contributed by atoms with Crippen molar-refractivity contribution in [3.63, 3.8) is 0 Å². The molecular weight excluding hydrogens is 252 g/mol. The van der Waals surface area contributed by atoms with E-state index in [0.29, 0.717) is 19.1 Å². The van der Waals surface area contributed by atoms with Crippen LogP contribution in [-0.4, -0.2) is 36.5 Å². The number of piperidine rings is 1. The number of hydrogen-bond donors (Lipinski definition) is 1. The van der Waals surface area contributed by atoms with Gasteiger partial charge in [-0.1, -0.05) is 25.1 Å². The number of ether oxygens (including phenoxy) is 1. The number of likely N-dealkylation sites (tertiary alicyclic amines) is 1. The molecule has 0 bridgehead atoms. The highest BCUT2D eigenvalue weighted by atomic mass is 16.5. The molecule has 3 unspecified atom stereocenters. The predicted molar refractivity (Wildman–Crippen MR) is 77.6 cm³/mol. The van der Waals surface area contributed by atoms with E-state index in [1.165, 1.54) is 0 Å². The van der Waals surface area contributed by atoms with Crippen molar-refractivity contribution in [2.24, 2.45) is 11.7 Å². The van der Waals surface area contributed by atoms with Crippen LogP contribution in [0.25, 0.3) is 0 Å². The molecule has 0 aromatic heterocycles. The molecular formula is C16H22N2O2. The minimum absolute atomic E-state index is 0.0718. The number of carbonyl (C=O) groups is 1. The van der Waals surface area contributed by atoms with Crippen LogP contribution < -0.4 is 10.5 Å². The van der Waals surface area contributed by atoms with Gasteiger partial charge in [-0.05, 0) is 24.8 Å². The van der Waals surface area contributed by atoms with E-state index in [1.54, 1.807) is 0 Å². The van der Waals surface area contributed by atoms with Crippen LogP contribution >= 0.6 is 0 Å². The maximum atomic E-state index is 12.8. The number of carbonyl (C=O) groups excluding carboxylic acids is 1. The molecule has 0 spiro atoms. The molecule has 1 saturated heterocycles. The largest absolute Gasteiger partial charge is 0.493 e. The average molecular weight is 274 g/mol. The summed E-state index contributed by atoms with van der Waals surface area (Å²) < 4.78 is 5.64. The monoisotopic (exact) mass is 274 g/mol. The molecule has 1 aromatic rings. The summed E-state index contributed by atoms with van der Waals surface area (Å²) in [6.07, 6.45) is 1.77. The molecule has 1 fully saturated rings. The Morgan fingerprint density at radius 3 is 2.95 bits per heavy atom. The Morgan fingerprint density at radius 2 is 2.15 bits per heavy atom. The maximum absolute atomic E-state index is 12.8. The van der Waals surface area contributed by atoms with Gasteiger partial charge in [-0.15, -0.1) is 0 Å². The summed E-state index contributed by atoms with van der Waals surface area (Å²) in [5.74, 6) is 1.48. The van der Waals surface area contributed by atoms with E-state index >= 15 is 0 Å². The van der Waals surface area contributed by atoms with Crippen LogP contribution in [0.4, 0.5) is 0 Å². The fourth-order valence-electron chi connectivity index (χ4n) is 3.40. The number of hydrogen-bond acceptors (Lipinski definition) is 3. The minimum atomic E-state index is -0.0718. The van der Waals surface area contributed by atoms with Crippen LogP contribution in [0, 0.1) is 5.92 Å². The molecule has 4 nitrogen and oxygen atoms in total. The summed E-state index contributed by atoms with van der Waals surface area (Å²) in [7, 11) is 0. The lowest BCUT2D eigenvalue weighted by Gasteiger charge is -2.37. The van der Waals surface area contributed by atoms with Crippen LogP contribution in [0.5, 0.6) is 5.75 Å². The van der Waals surface area contributed by atoms with Crippen molar-refractivity contribution >= 4 is 5.91 Å². The number of benzene rings is 1. The van der Waals surface area contributed by atoms with E-state index in [2.05, 4.69) is 6.92 Å². The summed E-state index contributed by atoms with van der Waals surface area (Å²) in [6, 6.07) is 7.98. The molecule has 2 N–H and O–H groups in total. The zero-order valence-electron chi connectivity index (χ0n) is 11.9. The van der Waals surface area contributed by atoms with Gasteiger partial charge < -0.3 is 15.4 Å². The van der Waals surface area contributed by atoms with Gasteiger partial charge in [0.1, 0.15) is 5.75 Å². The summed E-state index contributed by atoms with van der Waals surface area (Å²) in [4.78, 5) is 14.8. The minimum Gasteiger partial charge on any atom is -0.493 e. The predicted octanol–water partition coefficient (Wildman–Crippen LogP) is 1.75. The second-order valence-electron chi connectivity index (χ2n) is 6.07. The number of para-hydroxylation sites is 1. The van der Waals surface area contributed by atoms with Gasteiger partial charge in [0.25, 0.3) is 0 Å². The van der Waals surface area contributed by atoms with E-state index in [0.717, 1.165) is 30.7 Å². The lowest BCUT2D eigenvalue weighted by atomic mass is 9.89. The molecule has 4 heteroatoms. The van der Waals surface area contributed by atoms with Gasteiger partial charge in [-0.25, -0.2) is 0 Å². The van der Waals surface area contributed by atoms with Crippen molar-refractivity contribution in [2.45, 2.75) is 31.7 Å². The number of nitrogens with two attached hydrogens (primary N) is 1. The standard InChI is InChI=1S/C16H22N2O2/c1-11-8-12(17)10-18(9-11)16(19)14-6-7-20-15-5-3-2-4-13(14)15/h2-5,11-12,14H,6-10,17H2,1H3. The van der Waals surface area contributed by atoms with Crippen LogP contribution in [0.3, 0.4) is 0 Å². The first kappa shape index (κ1) is 13.4. The Hall–Kier alpha value is -1.55.